The predicted octanol–water partition coefficient (Wildman–Crippen LogP) is 4.41. The van der Waals surface area contributed by atoms with Gasteiger partial charge in [-0.3, -0.25) is 0 Å². The maximum Gasteiger partial charge on any atom is 0.162 e. The maximum atomic E-state index is 8.79. The van der Waals surface area contributed by atoms with Gasteiger partial charge in [0, 0.05) is 0 Å². The van der Waals surface area contributed by atoms with Crippen LogP contribution in [0.4, 0.5) is 0 Å². The molecule has 0 fully saturated rings. The number of rotatable bonds is 1. The van der Waals surface area contributed by atoms with Crippen LogP contribution in [0.15, 0.2) is 42.5 Å². The van der Waals surface area contributed by atoms with Crippen LogP contribution in [0, 0.1) is 18.3 Å². The van der Waals surface area contributed by atoms with Gasteiger partial charge in [0.1, 0.15) is 6.61 Å². The quantitative estimate of drug-likeness (QED) is 0.777. The topological polar surface area (TPSA) is 42.2 Å². The fourth-order valence-corrected chi connectivity index (χ4v) is 2.11. The van der Waals surface area contributed by atoms with Crippen LogP contribution in [0.25, 0.3) is 0 Å². The highest BCUT2D eigenvalue weighted by molar-refractivity contribution is 5.44. The standard InChI is InChI=1S/C16H13NO2.C2H6/c1-11-2-7-14-15(8-11)18-10-16(19-14)13-5-3-12(9-17)4-6-13;1-2/h2-8,16H,10H2,1H3;1-2H3. The van der Waals surface area contributed by atoms with Crippen molar-refractivity contribution in [3.05, 3.63) is 59.2 Å². The highest BCUT2D eigenvalue weighted by Gasteiger charge is 2.22. The van der Waals surface area contributed by atoms with E-state index in [0.717, 1.165) is 22.6 Å². The van der Waals surface area contributed by atoms with Crippen LogP contribution < -0.4 is 9.47 Å². The third-order valence-electron chi connectivity index (χ3n) is 3.17. The molecule has 0 saturated heterocycles. The Morgan fingerprint density at radius 1 is 1.05 bits per heavy atom. The number of fused-ring (bicyclic) bond motifs is 1. The van der Waals surface area contributed by atoms with E-state index in [9.17, 15) is 0 Å². The van der Waals surface area contributed by atoms with Gasteiger partial charge in [0.15, 0.2) is 17.6 Å². The summed E-state index contributed by atoms with van der Waals surface area (Å²) < 4.78 is 11.7. The molecule has 0 saturated carbocycles. The summed E-state index contributed by atoms with van der Waals surface area (Å²) in [5, 5.41) is 8.79. The van der Waals surface area contributed by atoms with E-state index in [0.29, 0.717) is 12.2 Å². The van der Waals surface area contributed by atoms with Crippen LogP contribution in [0.1, 0.15) is 36.6 Å². The molecule has 3 rings (SSSR count). The zero-order valence-corrected chi connectivity index (χ0v) is 12.6. The second-order valence-corrected chi connectivity index (χ2v) is 4.60. The van der Waals surface area contributed by atoms with Gasteiger partial charge in [-0.2, -0.15) is 5.26 Å². The highest BCUT2D eigenvalue weighted by Crippen LogP contribution is 2.36. The molecule has 21 heavy (non-hydrogen) atoms. The van der Waals surface area contributed by atoms with Gasteiger partial charge in [-0.05, 0) is 42.3 Å². The molecule has 0 bridgehead atoms. The molecule has 0 radical (unpaired) electrons. The van der Waals surface area contributed by atoms with Gasteiger partial charge < -0.3 is 9.47 Å². The lowest BCUT2D eigenvalue weighted by Gasteiger charge is -2.27. The van der Waals surface area contributed by atoms with Crippen molar-refractivity contribution < 1.29 is 9.47 Å². The Labute approximate surface area is 125 Å². The summed E-state index contributed by atoms with van der Waals surface area (Å²) >= 11 is 0. The first kappa shape index (κ1) is 14.9. The van der Waals surface area contributed by atoms with Crippen LogP contribution in [0.5, 0.6) is 11.5 Å². The monoisotopic (exact) mass is 281 g/mol. The minimum atomic E-state index is -0.122. The van der Waals surface area contributed by atoms with Gasteiger partial charge in [-0.15, -0.1) is 0 Å². The van der Waals surface area contributed by atoms with Crippen molar-refractivity contribution in [1.29, 1.82) is 5.26 Å². The van der Waals surface area contributed by atoms with Gasteiger partial charge in [0.2, 0.25) is 0 Å². The lowest BCUT2D eigenvalue weighted by Crippen LogP contribution is -2.21. The second kappa shape index (κ2) is 6.81. The van der Waals surface area contributed by atoms with Crippen molar-refractivity contribution in [2.24, 2.45) is 0 Å². The summed E-state index contributed by atoms with van der Waals surface area (Å²) in [4.78, 5) is 0. The van der Waals surface area contributed by atoms with Gasteiger partial charge in [0.25, 0.3) is 0 Å². The van der Waals surface area contributed by atoms with Crippen molar-refractivity contribution in [3.63, 3.8) is 0 Å². The average molecular weight is 281 g/mol. The van der Waals surface area contributed by atoms with Crippen LogP contribution in [-0.4, -0.2) is 6.61 Å². The van der Waals surface area contributed by atoms with Gasteiger partial charge in [-0.1, -0.05) is 32.0 Å². The highest BCUT2D eigenvalue weighted by atomic mass is 16.6. The average Bonchev–Trinajstić information content (AvgIpc) is 2.56. The third kappa shape index (κ3) is 3.35. The second-order valence-electron chi connectivity index (χ2n) is 4.60. The van der Waals surface area contributed by atoms with E-state index in [1.54, 1.807) is 12.1 Å². The predicted molar refractivity (Wildman–Crippen MR) is 82.5 cm³/mol. The number of hydrogen-bond donors (Lipinski definition) is 0. The molecule has 0 spiro atoms. The Bertz CT molecular complexity index is 641. The number of benzene rings is 2. The first-order valence-corrected chi connectivity index (χ1v) is 7.16. The van der Waals surface area contributed by atoms with Crippen molar-refractivity contribution in [2.45, 2.75) is 26.9 Å². The summed E-state index contributed by atoms with van der Waals surface area (Å²) in [6.07, 6.45) is -0.122. The van der Waals surface area contributed by atoms with E-state index in [4.69, 9.17) is 14.7 Å². The van der Waals surface area contributed by atoms with Crippen molar-refractivity contribution in [3.8, 4) is 17.6 Å². The van der Waals surface area contributed by atoms with E-state index < -0.39 is 0 Å². The lowest BCUT2D eigenvalue weighted by molar-refractivity contribution is 0.0912. The number of hydrogen-bond acceptors (Lipinski definition) is 3. The smallest absolute Gasteiger partial charge is 0.162 e. The number of aryl methyl sites for hydroxylation is 1. The molecular weight excluding hydrogens is 262 g/mol. The Morgan fingerprint density at radius 3 is 2.43 bits per heavy atom. The normalized spacial score (nSPS) is 15.4. The van der Waals surface area contributed by atoms with Crippen molar-refractivity contribution >= 4 is 0 Å². The fourth-order valence-electron chi connectivity index (χ4n) is 2.11. The van der Waals surface area contributed by atoms with Gasteiger partial charge in [0.05, 0.1) is 11.6 Å². The minimum absolute atomic E-state index is 0.122. The molecule has 0 aromatic heterocycles. The van der Waals surface area contributed by atoms with Crippen molar-refractivity contribution in [2.75, 3.05) is 6.61 Å². The van der Waals surface area contributed by atoms with E-state index in [2.05, 4.69) is 6.07 Å². The largest absolute Gasteiger partial charge is 0.485 e. The lowest BCUT2D eigenvalue weighted by atomic mass is 10.1. The molecule has 1 aliphatic heterocycles. The van der Waals surface area contributed by atoms with E-state index in [1.165, 1.54) is 0 Å². The van der Waals surface area contributed by atoms with E-state index in [1.807, 2.05) is 51.1 Å². The first-order valence-electron chi connectivity index (χ1n) is 7.16. The number of ether oxygens (including phenoxy) is 2. The molecule has 108 valence electrons. The van der Waals surface area contributed by atoms with Crippen LogP contribution in [0.2, 0.25) is 0 Å². The number of nitrogens with zero attached hydrogens (tertiary/aromatic N) is 1. The van der Waals surface area contributed by atoms with Crippen LogP contribution in [0.3, 0.4) is 0 Å². The molecule has 1 heterocycles. The van der Waals surface area contributed by atoms with Crippen molar-refractivity contribution in [1.82, 2.24) is 0 Å². The summed E-state index contributed by atoms with van der Waals surface area (Å²) in [5.41, 5.74) is 2.82. The zero-order chi connectivity index (χ0) is 15.2. The molecule has 1 aliphatic rings. The molecule has 0 amide bonds. The van der Waals surface area contributed by atoms with Crippen LogP contribution in [-0.2, 0) is 0 Å². The summed E-state index contributed by atoms with van der Waals surface area (Å²) in [6.45, 7) is 6.51. The SMILES string of the molecule is CC.Cc1ccc2c(c1)OCC(c1ccc(C#N)cc1)O2. The number of nitriles is 1. The maximum absolute atomic E-state index is 8.79. The molecule has 0 N–H and O–H groups in total. The summed E-state index contributed by atoms with van der Waals surface area (Å²) in [5.74, 6) is 1.57. The molecule has 3 heteroatoms. The van der Waals surface area contributed by atoms with Crippen LogP contribution >= 0.6 is 0 Å². The third-order valence-corrected chi connectivity index (χ3v) is 3.17. The van der Waals surface area contributed by atoms with E-state index >= 15 is 0 Å². The van der Waals surface area contributed by atoms with Gasteiger partial charge >= 0.3 is 0 Å². The molecule has 2 aromatic carbocycles. The Morgan fingerprint density at radius 2 is 1.76 bits per heavy atom. The Kier molecular flexibility index (Phi) is 4.84. The molecule has 2 aromatic rings. The summed E-state index contributed by atoms with van der Waals surface area (Å²) in [7, 11) is 0. The summed E-state index contributed by atoms with van der Waals surface area (Å²) in [6, 6.07) is 15.4. The van der Waals surface area contributed by atoms with Gasteiger partial charge in [-0.25, -0.2) is 0 Å². The first-order chi connectivity index (χ1) is 10.3. The molecule has 1 unspecified atom stereocenters. The Balaban J connectivity index is 0.000000774. The molecule has 3 nitrogen and oxygen atoms in total. The zero-order valence-electron chi connectivity index (χ0n) is 12.6. The molecular formula is C18H19NO2. The van der Waals surface area contributed by atoms with E-state index in [-0.39, 0.29) is 6.10 Å². The Hall–Kier alpha value is -2.47. The fraction of sp³-hybridized carbons (Fsp3) is 0.278. The minimum Gasteiger partial charge on any atom is -0.485 e. The molecule has 1 atom stereocenters. The molecule has 0 aliphatic carbocycles.